The van der Waals surface area contributed by atoms with Crippen molar-refractivity contribution in [2.45, 2.75) is 23.7 Å². The Hall–Kier alpha value is -3.55. The number of ether oxygens (including phenoxy) is 2. The smallest absolute Gasteiger partial charge is 0.411 e. The first-order valence-electron chi connectivity index (χ1n) is 11.4. The van der Waals surface area contributed by atoms with Crippen LogP contribution in [0.4, 0.5) is 13.2 Å². The molecule has 1 aliphatic rings. The molecule has 0 radical (unpaired) electrons. The number of rotatable bonds is 9. The fourth-order valence-corrected chi connectivity index (χ4v) is 4.50. The molecule has 0 saturated heterocycles. The molecular formula is C25H24F3N3O6S. The predicted molar refractivity (Wildman–Crippen MR) is 129 cm³/mol. The quantitative estimate of drug-likeness (QED) is 0.403. The van der Waals surface area contributed by atoms with Gasteiger partial charge in [0, 0.05) is 41.9 Å². The number of hydrogen-bond donors (Lipinski definition) is 1. The molecule has 0 fully saturated rings. The highest BCUT2D eigenvalue weighted by atomic mass is 32.2. The second-order valence-electron chi connectivity index (χ2n) is 8.67. The molecule has 0 aliphatic carbocycles. The Morgan fingerprint density at radius 2 is 2.00 bits per heavy atom. The van der Waals surface area contributed by atoms with E-state index in [1.807, 2.05) is 6.07 Å². The van der Waals surface area contributed by atoms with Crippen molar-refractivity contribution in [1.82, 2.24) is 15.4 Å². The summed E-state index contributed by atoms with van der Waals surface area (Å²) in [6, 6.07) is 11.4. The van der Waals surface area contributed by atoms with Crippen LogP contribution < -0.4 is 10.2 Å². The molecule has 2 aromatic heterocycles. The summed E-state index contributed by atoms with van der Waals surface area (Å²) in [5.41, 5.74) is 4.57. The molecule has 2 atom stereocenters. The maximum atomic E-state index is 12.7. The molecule has 9 nitrogen and oxygen atoms in total. The van der Waals surface area contributed by atoms with Crippen LogP contribution in [0.25, 0.3) is 11.1 Å². The van der Waals surface area contributed by atoms with Crippen LogP contribution in [0.3, 0.4) is 0 Å². The first kappa shape index (κ1) is 27.5. The van der Waals surface area contributed by atoms with E-state index in [1.165, 1.54) is 30.7 Å². The molecule has 38 heavy (non-hydrogen) atoms. The van der Waals surface area contributed by atoms with Gasteiger partial charge in [0.15, 0.2) is 14.9 Å². The highest BCUT2D eigenvalue weighted by molar-refractivity contribution is 7.90. The lowest BCUT2D eigenvalue weighted by atomic mass is 9.88. The Bertz CT molecular complexity index is 1370. The number of fused-ring (bicyclic) bond motifs is 1. The van der Waals surface area contributed by atoms with Gasteiger partial charge in [-0.05, 0) is 42.3 Å². The molecule has 1 aromatic carbocycles. The molecule has 1 unspecified atom stereocenters. The fraction of sp³-hybridized carbons (Fsp3) is 0.320. The number of aromatic nitrogens is 2. The average Bonchev–Trinajstić information content (AvgIpc) is 2.89. The summed E-state index contributed by atoms with van der Waals surface area (Å²) in [5, 5.41) is -0.0696. The third-order valence-electron chi connectivity index (χ3n) is 5.78. The highest BCUT2D eigenvalue weighted by Gasteiger charge is 2.33. The molecule has 202 valence electrons. The van der Waals surface area contributed by atoms with E-state index in [-0.39, 0.29) is 17.2 Å². The lowest BCUT2D eigenvalue weighted by Crippen LogP contribution is -2.42. The normalized spacial score (nSPS) is 16.3. The number of hydroxylamine groups is 1. The van der Waals surface area contributed by atoms with Gasteiger partial charge in [-0.15, -0.1) is 0 Å². The third kappa shape index (κ3) is 7.05. The zero-order valence-corrected chi connectivity index (χ0v) is 21.0. The summed E-state index contributed by atoms with van der Waals surface area (Å²) in [6.07, 6.45) is 0.119. The molecule has 13 heteroatoms. The number of sulfone groups is 1. The summed E-state index contributed by atoms with van der Waals surface area (Å²) >= 11 is 0. The number of hydrogen-bond acceptors (Lipinski definition) is 8. The molecule has 0 saturated carbocycles. The van der Waals surface area contributed by atoms with Gasteiger partial charge in [-0.25, -0.2) is 18.9 Å². The van der Waals surface area contributed by atoms with Crippen LogP contribution in [0.1, 0.15) is 15.9 Å². The molecule has 1 N–H and O–H groups in total. The summed E-state index contributed by atoms with van der Waals surface area (Å²) in [4.78, 5) is 25.9. The van der Waals surface area contributed by atoms with Gasteiger partial charge in [0.2, 0.25) is 0 Å². The van der Waals surface area contributed by atoms with Crippen LogP contribution in [0.15, 0.2) is 66.1 Å². The largest absolute Gasteiger partial charge is 0.493 e. The standard InChI is InChI=1S/C25H24F3N3O6S/c1-38(33,34)23-8-7-16(12-30-23)19-5-2-6-21-20(19)10-18(13-36-21)22(14-35-15-25(26,27)28)37-31-24(32)17-4-3-9-29-11-17/h2-9,11-12,18,22H,10,13-15H2,1H3,(H,31,32)/t18-,22?/m0/s1. The lowest BCUT2D eigenvalue weighted by molar-refractivity contribution is -0.187. The number of benzene rings is 1. The minimum Gasteiger partial charge on any atom is -0.493 e. The Balaban J connectivity index is 1.55. The number of pyridine rings is 2. The average molecular weight is 552 g/mol. The summed E-state index contributed by atoms with van der Waals surface area (Å²) in [5.74, 6) is -0.539. The fourth-order valence-electron chi connectivity index (χ4n) is 3.94. The van der Waals surface area contributed by atoms with Gasteiger partial charge in [0.05, 0.1) is 18.8 Å². The van der Waals surface area contributed by atoms with Crippen molar-refractivity contribution in [2.24, 2.45) is 5.92 Å². The number of carbonyl (C=O) groups excluding carboxylic acids is 1. The Morgan fingerprint density at radius 1 is 1.18 bits per heavy atom. The van der Waals surface area contributed by atoms with Crippen molar-refractivity contribution in [3.8, 4) is 16.9 Å². The number of amides is 1. The number of alkyl halides is 3. The lowest BCUT2D eigenvalue weighted by Gasteiger charge is -2.32. The topological polar surface area (TPSA) is 117 Å². The van der Waals surface area contributed by atoms with E-state index in [0.29, 0.717) is 23.3 Å². The summed E-state index contributed by atoms with van der Waals surface area (Å²) < 4.78 is 72.4. The maximum absolute atomic E-state index is 12.7. The first-order valence-corrected chi connectivity index (χ1v) is 13.3. The molecule has 1 amide bonds. The van der Waals surface area contributed by atoms with Crippen LogP contribution in [0.5, 0.6) is 5.75 Å². The van der Waals surface area contributed by atoms with Crippen molar-refractivity contribution in [2.75, 3.05) is 26.1 Å². The van der Waals surface area contributed by atoms with Gasteiger partial charge >= 0.3 is 6.18 Å². The highest BCUT2D eigenvalue weighted by Crippen LogP contribution is 2.37. The molecule has 0 bridgehead atoms. The Labute approximate surface area is 216 Å². The van der Waals surface area contributed by atoms with Gasteiger partial charge in [0.1, 0.15) is 18.5 Å². The molecule has 3 heterocycles. The van der Waals surface area contributed by atoms with Gasteiger partial charge in [-0.3, -0.25) is 14.6 Å². The van der Waals surface area contributed by atoms with Crippen LogP contribution in [-0.4, -0.2) is 62.6 Å². The second kappa shape index (κ2) is 11.5. The summed E-state index contributed by atoms with van der Waals surface area (Å²) in [7, 11) is -3.48. The minimum atomic E-state index is -4.53. The Kier molecular flexibility index (Phi) is 8.29. The van der Waals surface area contributed by atoms with Crippen molar-refractivity contribution in [1.29, 1.82) is 0 Å². The van der Waals surface area contributed by atoms with E-state index >= 15 is 0 Å². The van der Waals surface area contributed by atoms with Gasteiger partial charge < -0.3 is 9.47 Å². The number of nitrogens with zero attached hydrogens (tertiary/aromatic N) is 2. The molecule has 3 aromatic rings. The van der Waals surface area contributed by atoms with Crippen molar-refractivity contribution in [3.05, 3.63) is 72.2 Å². The SMILES string of the molecule is CS(=O)(=O)c1ccc(-c2cccc3c2C[C@H](C(COCC(F)(F)F)ONC(=O)c2cccnc2)CO3)cn1. The van der Waals surface area contributed by atoms with Crippen LogP contribution in [0.2, 0.25) is 0 Å². The van der Waals surface area contributed by atoms with Crippen LogP contribution in [0, 0.1) is 5.92 Å². The van der Waals surface area contributed by atoms with Crippen LogP contribution in [-0.2, 0) is 25.8 Å². The van der Waals surface area contributed by atoms with Gasteiger partial charge in [0.25, 0.3) is 5.91 Å². The van der Waals surface area contributed by atoms with Crippen molar-refractivity contribution < 1.29 is 40.7 Å². The Morgan fingerprint density at radius 3 is 2.66 bits per heavy atom. The predicted octanol–water partition coefficient (Wildman–Crippen LogP) is 3.41. The minimum absolute atomic E-state index is 0.0696. The van der Waals surface area contributed by atoms with E-state index in [2.05, 4.69) is 15.4 Å². The van der Waals surface area contributed by atoms with E-state index in [0.717, 1.165) is 11.8 Å². The first-order chi connectivity index (χ1) is 18.0. The van der Waals surface area contributed by atoms with E-state index in [1.54, 1.807) is 24.3 Å². The van der Waals surface area contributed by atoms with Crippen molar-refractivity contribution >= 4 is 15.7 Å². The molecule has 4 rings (SSSR count). The zero-order valence-electron chi connectivity index (χ0n) is 20.1. The van der Waals surface area contributed by atoms with Crippen LogP contribution >= 0.6 is 0 Å². The number of nitrogens with one attached hydrogen (secondary N) is 1. The van der Waals surface area contributed by atoms with E-state index < -0.39 is 47.2 Å². The third-order valence-corrected chi connectivity index (χ3v) is 6.78. The second-order valence-corrected chi connectivity index (χ2v) is 10.6. The van der Waals surface area contributed by atoms with Gasteiger partial charge in [-0.2, -0.15) is 13.2 Å². The zero-order chi connectivity index (χ0) is 27.3. The maximum Gasteiger partial charge on any atom is 0.411 e. The number of carbonyl (C=O) groups is 1. The van der Waals surface area contributed by atoms with E-state index in [4.69, 9.17) is 14.3 Å². The monoisotopic (exact) mass is 551 g/mol. The number of halogens is 3. The molecular weight excluding hydrogens is 527 g/mol. The van der Waals surface area contributed by atoms with E-state index in [9.17, 15) is 26.4 Å². The van der Waals surface area contributed by atoms with Crippen molar-refractivity contribution in [3.63, 3.8) is 0 Å². The molecule has 0 spiro atoms. The molecule has 1 aliphatic heterocycles. The van der Waals surface area contributed by atoms with Gasteiger partial charge in [-0.1, -0.05) is 12.1 Å². The summed E-state index contributed by atoms with van der Waals surface area (Å²) in [6.45, 7) is -1.83.